The van der Waals surface area contributed by atoms with Crippen molar-refractivity contribution in [2.75, 3.05) is 33.4 Å². The molecule has 1 fully saturated rings. The van der Waals surface area contributed by atoms with E-state index < -0.39 is 0 Å². The van der Waals surface area contributed by atoms with Crippen LogP contribution in [0.4, 0.5) is 0 Å². The summed E-state index contributed by atoms with van der Waals surface area (Å²) < 4.78 is 11.0. The molecule has 2 aliphatic rings. The number of methoxy groups -OCH3 is 1. The van der Waals surface area contributed by atoms with Crippen molar-refractivity contribution >= 4 is 5.96 Å². The average molecular weight is 241 g/mol. The monoisotopic (exact) mass is 241 g/mol. The lowest BCUT2D eigenvalue weighted by Gasteiger charge is -2.39. The van der Waals surface area contributed by atoms with Crippen molar-refractivity contribution in [3.05, 3.63) is 0 Å². The van der Waals surface area contributed by atoms with E-state index in [2.05, 4.69) is 16.8 Å². The molecule has 0 radical (unpaired) electrons. The highest BCUT2D eigenvalue weighted by atomic mass is 16.5. The lowest BCUT2D eigenvalue weighted by atomic mass is 9.95. The molecule has 2 atom stereocenters. The van der Waals surface area contributed by atoms with Crippen LogP contribution in [0, 0.1) is 0 Å². The summed E-state index contributed by atoms with van der Waals surface area (Å²) in [5.41, 5.74) is 5.94. The van der Waals surface area contributed by atoms with Gasteiger partial charge in [0.1, 0.15) is 0 Å². The van der Waals surface area contributed by atoms with E-state index in [4.69, 9.17) is 15.2 Å². The van der Waals surface area contributed by atoms with E-state index in [1.54, 1.807) is 7.11 Å². The minimum absolute atomic E-state index is 0.0647. The third-order valence-corrected chi connectivity index (χ3v) is 3.87. The molecule has 5 heteroatoms. The molecule has 17 heavy (non-hydrogen) atoms. The predicted molar refractivity (Wildman–Crippen MR) is 67.1 cm³/mol. The fourth-order valence-electron chi connectivity index (χ4n) is 2.72. The first kappa shape index (κ1) is 12.6. The lowest BCUT2D eigenvalue weighted by molar-refractivity contribution is 0.0266. The van der Waals surface area contributed by atoms with Gasteiger partial charge < -0.3 is 20.1 Å². The van der Waals surface area contributed by atoms with E-state index >= 15 is 0 Å². The van der Waals surface area contributed by atoms with Crippen molar-refractivity contribution in [2.24, 2.45) is 10.7 Å². The molecule has 5 nitrogen and oxygen atoms in total. The minimum Gasteiger partial charge on any atom is -0.382 e. The van der Waals surface area contributed by atoms with Gasteiger partial charge in [-0.2, -0.15) is 0 Å². The van der Waals surface area contributed by atoms with Crippen LogP contribution in [-0.4, -0.2) is 55.9 Å². The maximum atomic E-state index is 6.00. The normalized spacial score (nSPS) is 33.2. The standard InChI is InChI=1S/C12H23N3O2/c1-3-12(9-16-2)8-14-11(13)15(12)7-10-5-4-6-17-10/h10H,3-9H2,1-2H3,(H2,13,14). The third kappa shape index (κ3) is 2.40. The van der Waals surface area contributed by atoms with Gasteiger partial charge in [-0.25, -0.2) is 0 Å². The summed E-state index contributed by atoms with van der Waals surface area (Å²) >= 11 is 0. The van der Waals surface area contributed by atoms with Crippen LogP contribution in [0.25, 0.3) is 0 Å². The van der Waals surface area contributed by atoms with E-state index in [0.717, 1.165) is 39.0 Å². The van der Waals surface area contributed by atoms with E-state index in [9.17, 15) is 0 Å². The van der Waals surface area contributed by atoms with Crippen molar-refractivity contribution in [3.63, 3.8) is 0 Å². The van der Waals surface area contributed by atoms with E-state index in [-0.39, 0.29) is 5.54 Å². The van der Waals surface area contributed by atoms with Gasteiger partial charge in [-0.05, 0) is 19.3 Å². The maximum absolute atomic E-state index is 6.00. The van der Waals surface area contributed by atoms with Gasteiger partial charge >= 0.3 is 0 Å². The highest BCUT2D eigenvalue weighted by Crippen LogP contribution is 2.28. The van der Waals surface area contributed by atoms with Gasteiger partial charge in [-0.1, -0.05) is 6.92 Å². The van der Waals surface area contributed by atoms with Crippen molar-refractivity contribution in [1.29, 1.82) is 0 Å². The zero-order valence-corrected chi connectivity index (χ0v) is 10.8. The van der Waals surface area contributed by atoms with Crippen LogP contribution in [0.15, 0.2) is 4.99 Å². The topological polar surface area (TPSA) is 60.1 Å². The molecular weight excluding hydrogens is 218 g/mol. The lowest BCUT2D eigenvalue weighted by Crippen LogP contribution is -2.56. The Balaban J connectivity index is 2.06. The van der Waals surface area contributed by atoms with E-state index in [1.165, 1.54) is 0 Å². The molecule has 2 N–H and O–H groups in total. The van der Waals surface area contributed by atoms with Crippen molar-refractivity contribution in [3.8, 4) is 0 Å². The van der Waals surface area contributed by atoms with Crippen LogP contribution < -0.4 is 5.73 Å². The summed E-state index contributed by atoms with van der Waals surface area (Å²) in [7, 11) is 1.73. The smallest absolute Gasteiger partial charge is 0.192 e. The Bertz CT molecular complexity index is 289. The van der Waals surface area contributed by atoms with Crippen molar-refractivity contribution in [2.45, 2.75) is 37.8 Å². The Kier molecular flexibility index (Phi) is 3.89. The van der Waals surface area contributed by atoms with Gasteiger partial charge in [0.15, 0.2) is 5.96 Å². The third-order valence-electron chi connectivity index (χ3n) is 3.87. The van der Waals surface area contributed by atoms with E-state index in [1.807, 2.05) is 0 Å². The second-order valence-corrected chi connectivity index (χ2v) is 4.93. The highest BCUT2D eigenvalue weighted by molar-refractivity contribution is 5.81. The SMILES string of the molecule is CCC1(COC)CN=C(N)N1CC1CCCO1. The molecule has 0 bridgehead atoms. The molecule has 1 saturated heterocycles. The Hall–Kier alpha value is -0.810. The number of nitrogens with two attached hydrogens (primary N) is 1. The Morgan fingerprint density at radius 1 is 1.65 bits per heavy atom. The largest absolute Gasteiger partial charge is 0.382 e. The zero-order chi connectivity index (χ0) is 12.3. The highest BCUT2D eigenvalue weighted by Gasteiger charge is 2.42. The molecule has 0 amide bonds. The average Bonchev–Trinajstić information content (AvgIpc) is 2.93. The molecule has 98 valence electrons. The minimum atomic E-state index is -0.0647. The van der Waals surface area contributed by atoms with Gasteiger partial charge in [-0.3, -0.25) is 4.99 Å². The number of hydrogen-bond donors (Lipinski definition) is 1. The van der Waals surface area contributed by atoms with Crippen LogP contribution in [0.3, 0.4) is 0 Å². The molecule has 0 aliphatic carbocycles. The molecule has 2 heterocycles. The summed E-state index contributed by atoms with van der Waals surface area (Å²) in [4.78, 5) is 6.57. The number of guanidine groups is 1. The van der Waals surface area contributed by atoms with E-state index in [0.29, 0.717) is 18.7 Å². The number of nitrogens with zero attached hydrogens (tertiary/aromatic N) is 2. The first-order chi connectivity index (χ1) is 8.22. The van der Waals surface area contributed by atoms with Crippen LogP contribution in [-0.2, 0) is 9.47 Å². The molecule has 2 rings (SSSR count). The summed E-state index contributed by atoms with van der Waals surface area (Å²) in [6.45, 7) is 5.28. The molecule has 0 aromatic rings. The fourth-order valence-corrected chi connectivity index (χ4v) is 2.72. The summed E-state index contributed by atoms with van der Waals surface area (Å²) in [5, 5.41) is 0. The number of rotatable bonds is 5. The van der Waals surface area contributed by atoms with Gasteiger partial charge in [0.2, 0.25) is 0 Å². The maximum Gasteiger partial charge on any atom is 0.192 e. The zero-order valence-electron chi connectivity index (χ0n) is 10.8. The Morgan fingerprint density at radius 3 is 3.06 bits per heavy atom. The summed E-state index contributed by atoms with van der Waals surface area (Å²) in [6.07, 6.45) is 3.55. The molecule has 2 aliphatic heterocycles. The van der Waals surface area contributed by atoms with Gasteiger partial charge in [0.05, 0.1) is 24.8 Å². The Morgan fingerprint density at radius 2 is 2.47 bits per heavy atom. The first-order valence-electron chi connectivity index (χ1n) is 6.40. The van der Waals surface area contributed by atoms with Gasteiger partial charge in [0.25, 0.3) is 0 Å². The van der Waals surface area contributed by atoms with Crippen LogP contribution in [0.5, 0.6) is 0 Å². The summed E-state index contributed by atoms with van der Waals surface area (Å²) in [6, 6.07) is 0. The van der Waals surface area contributed by atoms with Crippen molar-refractivity contribution < 1.29 is 9.47 Å². The molecule has 2 unspecified atom stereocenters. The fraction of sp³-hybridized carbons (Fsp3) is 0.917. The number of ether oxygens (including phenoxy) is 2. The quantitative estimate of drug-likeness (QED) is 0.765. The summed E-state index contributed by atoms with van der Waals surface area (Å²) in [5.74, 6) is 0.638. The second kappa shape index (κ2) is 5.23. The Labute approximate surface area is 103 Å². The predicted octanol–water partition coefficient (Wildman–Crippen LogP) is 0.591. The van der Waals surface area contributed by atoms with Gasteiger partial charge in [0, 0.05) is 20.3 Å². The number of hydrogen-bond acceptors (Lipinski definition) is 5. The second-order valence-electron chi connectivity index (χ2n) is 4.93. The van der Waals surface area contributed by atoms with Crippen LogP contribution >= 0.6 is 0 Å². The molecular formula is C12H23N3O2. The molecule has 0 aromatic carbocycles. The first-order valence-corrected chi connectivity index (χ1v) is 6.40. The molecule has 0 saturated carbocycles. The van der Waals surface area contributed by atoms with Crippen molar-refractivity contribution in [1.82, 2.24) is 4.90 Å². The molecule has 0 aromatic heterocycles. The number of aliphatic imine (C=N–C) groups is 1. The van der Waals surface area contributed by atoms with Crippen LogP contribution in [0.2, 0.25) is 0 Å². The molecule has 0 spiro atoms. The van der Waals surface area contributed by atoms with Crippen LogP contribution in [0.1, 0.15) is 26.2 Å². The van der Waals surface area contributed by atoms with Gasteiger partial charge in [-0.15, -0.1) is 0 Å².